The molecule has 1 amide bonds. The van der Waals surface area contributed by atoms with Gasteiger partial charge < -0.3 is 10.1 Å². The Morgan fingerprint density at radius 2 is 1.87 bits per heavy atom. The average Bonchev–Trinajstić information content (AvgIpc) is 3.34. The summed E-state index contributed by atoms with van der Waals surface area (Å²) in [6, 6.07) is 19.0. The minimum absolute atomic E-state index is 0.0789. The number of anilines is 2. The van der Waals surface area contributed by atoms with Gasteiger partial charge in [0, 0.05) is 17.8 Å². The molecule has 3 aromatic carbocycles. The van der Waals surface area contributed by atoms with Gasteiger partial charge in [0.05, 0.1) is 21.2 Å². The summed E-state index contributed by atoms with van der Waals surface area (Å²) in [4.78, 5) is 12.9. The molecule has 1 aliphatic heterocycles. The van der Waals surface area contributed by atoms with Crippen LogP contribution < -0.4 is 19.7 Å². The maximum atomic E-state index is 13.2. The van der Waals surface area contributed by atoms with Gasteiger partial charge in [-0.15, -0.1) is 0 Å². The number of para-hydroxylation sites is 1. The van der Waals surface area contributed by atoms with E-state index in [1.807, 2.05) is 31.2 Å². The van der Waals surface area contributed by atoms with Gasteiger partial charge in [-0.3, -0.25) is 14.4 Å². The molecule has 1 aliphatic rings. The summed E-state index contributed by atoms with van der Waals surface area (Å²) >= 11 is 8.78. The fraction of sp³-hybridized carbons (Fsp3) is 0.286. The molecule has 1 unspecified atom stereocenters. The van der Waals surface area contributed by atoms with E-state index in [0.717, 1.165) is 30.5 Å². The van der Waals surface area contributed by atoms with Crippen LogP contribution in [0.15, 0.2) is 76.1 Å². The third kappa shape index (κ3) is 6.54. The number of hydrogen-bond acceptors (Lipinski definition) is 5. The van der Waals surface area contributed by atoms with Crippen LogP contribution in [0.4, 0.5) is 11.4 Å². The molecule has 38 heavy (non-hydrogen) atoms. The Bertz CT molecular complexity index is 1430. The predicted octanol–water partition coefficient (Wildman–Crippen LogP) is 6.28. The highest BCUT2D eigenvalue weighted by atomic mass is 79.9. The zero-order valence-electron chi connectivity index (χ0n) is 21.2. The summed E-state index contributed by atoms with van der Waals surface area (Å²) in [7, 11) is -3.68. The van der Waals surface area contributed by atoms with E-state index in [0.29, 0.717) is 34.4 Å². The number of nitrogens with one attached hydrogen (secondary N) is 2. The number of rotatable bonds is 9. The van der Waals surface area contributed by atoms with Crippen molar-refractivity contribution >= 4 is 60.6 Å². The van der Waals surface area contributed by atoms with Crippen molar-refractivity contribution in [1.82, 2.24) is 5.32 Å². The largest absolute Gasteiger partial charge is 0.490 e. The zero-order chi connectivity index (χ0) is 27.3. The molecule has 0 radical (unpaired) electrons. The number of fused-ring (bicyclic) bond motifs is 1. The number of sulfonamides is 1. The summed E-state index contributed by atoms with van der Waals surface area (Å²) in [5.41, 5.74) is 2.71. The first-order chi connectivity index (χ1) is 18.2. The summed E-state index contributed by atoms with van der Waals surface area (Å²) in [5, 5.41) is 5.69. The van der Waals surface area contributed by atoms with E-state index >= 15 is 0 Å². The van der Waals surface area contributed by atoms with Crippen LogP contribution in [0.3, 0.4) is 0 Å². The second-order valence-electron chi connectivity index (χ2n) is 9.10. The molecule has 10 heteroatoms. The van der Waals surface area contributed by atoms with Crippen molar-refractivity contribution in [3.05, 3.63) is 82.3 Å². The Hall–Kier alpha value is -2.95. The number of amides is 1. The minimum atomic E-state index is -3.68. The number of carbonyl (C=O) groups excluding carboxylic acids is 1. The van der Waals surface area contributed by atoms with E-state index in [-0.39, 0.29) is 22.0 Å². The lowest BCUT2D eigenvalue weighted by Gasteiger charge is -2.20. The molecule has 0 spiro atoms. The van der Waals surface area contributed by atoms with E-state index in [4.69, 9.17) is 17.0 Å². The number of thiocarbonyl (C=S) groups is 1. The molecule has 0 aliphatic carbocycles. The Labute approximate surface area is 237 Å². The molecule has 3 aromatic rings. The number of hydrogen-bond donors (Lipinski definition) is 2. The molecule has 1 atom stereocenters. The van der Waals surface area contributed by atoms with E-state index in [1.54, 1.807) is 30.3 Å². The molecule has 0 aromatic heterocycles. The monoisotopic (exact) mass is 615 g/mol. The second-order valence-corrected chi connectivity index (χ2v) is 12.2. The number of nitrogens with zero attached hydrogens (tertiary/aromatic N) is 1. The first kappa shape index (κ1) is 28.1. The van der Waals surface area contributed by atoms with E-state index in [9.17, 15) is 13.2 Å². The van der Waals surface area contributed by atoms with E-state index in [2.05, 4.69) is 33.5 Å². The molecule has 2 N–H and O–H groups in total. The molecule has 0 saturated carbocycles. The van der Waals surface area contributed by atoms with Crippen LogP contribution in [-0.4, -0.2) is 32.1 Å². The van der Waals surface area contributed by atoms with Crippen molar-refractivity contribution in [3.63, 3.8) is 0 Å². The molecule has 0 fully saturated rings. The average molecular weight is 617 g/mol. The first-order valence-corrected chi connectivity index (χ1v) is 15.1. The van der Waals surface area contributed by atoms with Gasteiger partial charge in [0.2, 0.25) is 0 Å². The van der Waals surface area contributed by atoms with Gasteiger partial charge in [-0.2, -0.15) is 0 Å². The lowest BCUT2D eigenvalue weighted by molar-refractivity contribution is 0.0977. The number of benzene rings is 3. The maximum Gasteiger partial charge on any atom is 0.264 e. The highest BCUT2D eigenvalue weighted by Crippen LogP contribution is 2.33. The Morgan fingerprint density at radius 3 is 2.58 bits per heavy atom. The molecule has 7 nitrogen and oxygen atoms in total. The summed E-state index contributed by atoms with van der Waals surface area (Å²) in [6.07, 6.45) is 3.93. The SMILES string of the molecule is CCCCC(C)Oc1ccc(C(=O)NC(=S)Nc2ccc(S(=O)(=O)N3CCc4ccccc43)cc2)cc1Br. The van der Waals surface area contributed by atoms with E-state index < -0.39 is 10.0 Å². The maximum absolute atomic E-state index is 13.2. The third-order valence-corrected chi connectivity index (χ3v) is 8.91. The van der Waals surface area contributed by atoms with Crippen LogP contribution in [0.2, 0.25) is 0 Å². The zero-order valence-corrected chi connectivity index (χ0v) is 24.5. The van der Waals surface area contributed by atoms with Crippen molar-refractivity contribution in [3.8, 4) is 5.75 Å². The summed E-state index contributed by atoms with van der Waals surface area (Å²) in [6.45, 7) is 4.59. The van der Waals surface area contributed by atoms with Crippen LogP contribution in [0.1, 0.15) is 49.0 Å². The van der Waals surface area contributed by atoms with Crippen molar-refractivity contribution in [2.24, 2.45) is 0 Å². The number of halogens is 1. The summed E-state index contributed by atoms with van der Waals surface area (Å²) < 4.78 is 34.5. The highest BCUT2D eigenvalue weighted by molar-refractivity contribution is 9.10. The van der Waals surface area contributed by atoms with Crippen molar-refractivity contribution in [2.45, 2.75) is 50.5 Å². The molecular formula is C28H30BrN3O4S2. The van der Waals surface area contributed by atoms with Crippen LogP contribution in [0.5, 0.6) is 5.75 Å². The molecule has 1 heterocycles. The van der Waals surface area contributed by atoms with Crippen LogP contribution in [0, 0.1) is 0 Å². The van der Waals surface area contributed by atoms with Crippen LogP contribution in [-0.2, 0) is 16.4 Å². The smallest absolute Gasteiger partial charge is 0.264 e. The lowest BCUT2D eigenvalue weighted by atomic mass is 10.2. The Kier molecular flexibility index (Phi) is 9.07. The minimum Gasteiger partial charge on any atom is -0.490 e. The third-order valence-electron chi connectivity index (χ3n) is 6.26. The molecule has 0 saturated heterocycles. The Balaban J connectivity index is 1.35. The predicted molar refractivity (Wildman–Crippen MR) is 159 cm³/mol. The fourth-order valence-corrected chi connectivity index (χ4v) is 6.42. The van der Waals surface area contributed by atoms with Gasteiger partial charge in [-0.1, -0.05) is 38.0 Å². The quantitative estimate of drug-likeness (QED) is 0.275. The normalized spacial score (nSPS) is 13.5. The van der Waals surface area contributed by atoms with Crippen molar-refractivity contribution < 1.29 is 17.9 Å². The topological polar surface area (TPSA) is 87.7 Å². The van der Waals surface area contributed by atoms with Gasteiger partial charge in [-0.05, 0) is 102 Å². The second kappa shape index (κ2) is 12.3. The van der Waals surface area contributed by atoms with Crippen molar-refractivity contribution in [1.29, 1.82) is 0 Å². The van der Waals surface area contributed by atoms with Gasteiger partial charge >= 0.3 is 0 Å². The van der Waals surface area contributed by atoms with Gasteiger partial charge in [0.25, 0.3) is 15.9 Å². The fourth-order valence-electron chi connectivity index (χ4n) is 4.24. The Morgan fingerprint density at radius 1 is 1.13 bits per heavy atom. The van der Waals surface area contributed by atoms with Crippen LogP contribution in [0.25, 0.3) is 0 Å². The van der Waals surface area contributed by atoms with Gasteiger partial charge in [0.15, 0.2) is 5.11 Å². The van der Waals surface area contributed by atoms with Gasteiger partial charge in [-0.25, -0.2) is 8.42 Å². The standard InChI is InChI=1S/C28H30BrN3O4S2/c1-3-4-7-19(2)36-26-15-10-21(18-24(26)29)27(33)31-28(37)30-22-11-13-23(14-12-22)38(34,35)32-17-16-20-8-5-6-9-25(20)32/h5-6,8-15,18-19H,3-4,7,16-17H2,1-2H3,(H2,30,31,33,37). The highest BCUT2D eigenvalue weighted by Gasteiger charge is 2.30. The number of ether oxygens (including phenoxy) is 1. The van der Waals surface area contributed by atoms with Gasteiger partial charge in [0.1, 0.15) is 5.75 Å². The van der Waals surface area contributed by atoms with Crippen LogP contribution >= 0.6 is 28.1 Å². The first-order valence-electron chi connectivity index (χ1n) is 12.5. The van der Waals surface area contributed by atoms with E-state index in [1.165, 1.54) is 16.4 Å². The molecule has 4 rings (SSSR count). The molecule has 200 valence electrons. The number of carbonyl (C=O) groups is 1. The van der Waals surface area contributed by atoms with Crippen molar-refractivity contribution in [2.75, 3.05) is 16.2 Å². The molecule has 0 bridgehead atoms. The number of unbranched alkanes of at least 4 members (excludes halogenated alkanes) is 1. The summed E-state index contributed by atoms with van der Waals surface area (Å²) in [5.74, 6) is 0.305. The lowest BCUT2D eigenvalue weighted by Crippen LogP contribution is -2.34. The molecular weight excluding hydrogens is 586 g/mol.